The first-order valence-electron chi connectivity index (χ1n) is 5.55. The summed E-state index contributed by atoms with van der Waals surface area (Å²) in [6.07, 6.45) is 1.06. The van der Waals surface area contributed by atoms with Crippen LogP contribution in [-0.2, 0) is 11.8 Å². The van der Waals surface area contributed by atoms with Crippen molar-refractivity contribution in [3.8, 4) is 0 Å². The van der Waals surface area contributed by atoms with E-state index in [-0.39, 0.29) is 11.4 Å². The summed E-state index contributed by atoms with van der Waals surface area (Å²) in [4.78, 5) is 15.7. The Morgan fingerprint density at radius 3 is 2.83 bits per heavy atom. The Hall–Kier alpha value is -1.56. The number of amides is 1. The molecule has 0 radical (unpaired) electrons. The van der Waals surface area contributed by atoms with E-state index >= 15 is 0 Å². The van der Waals surface area contributed by atoms with Crippen molar-refractivity contribution in [2.75, 3.05) is 0 Å². The molecule has 0 spiro atoms. The lowest BCUT2D eigenvalue weighted by Crippen LogP contribution is -2.13. The molecule has 2 aromatic rings. The van der Waals surface area contributed by atoms with E-state index in [0.717, 1.165) is 17.4 Å². The molecule has 1 aromatic heterocycles. The van der Waals surface area contributed by atoms with Crippen LogP contribution in [0.25, 0.3) is 10.2 Å². The lowest BCUT2D eigenvalue weighted by atomic mass is 10.3. The first-order chi connectivity index (χ1) is 8.52. The second kappa shape index (κ2) is 4.97. The molecular weight excluding hydrogens is 258 g/mol. The molecule has 18 heavy (non-hydrogen) atoms. The van der Waals surface area contributed by atoms with Gasteiger partial charge in [-0.15, -0.1) is 0 Å². The van der Waals surface area contributed by atoms with E-state index in [1.54, 1.807) is 7.05 Å². The van der Waals surface area contributed by atoms with Crippen molar-refractivity contribution in [3.63, 3.8) is 0 Å². The minimum absolute atomic E-state index is 0.250. The van der Waals surface area contributed by atoms with Gasteiger partial charge >= 0.3 is 0 Å². The molecular formula is C12H12F2N2OS. The second-order valence-electron chi connectivity index (χ2n) is 3.93. The average molecular weight is 270 g/mol. The van der Waals surface area contributed by atoms with Crippen molar-refractivity contribution in [2.45, 2.75) is 19.8 Å². The number of aromatic nitrogens is 1. The Kier molecular flexibility index (Phi) is 3.56. The number of carbonyl (C=O) groups excluding carboxylic acids is 1. The van der Waals surface area contributed by atoms with Crippen LogP contribution in [0, 0.1) is 11.6 Å². The highest BCUT2D eigenvalue weighted by molar-refractivity contribution is 7.16. The molecule has 3 nitrogen and oxygen atoms in total. The van der Waals surface area contributed by atoms with Crippen LogP contribution in [0.3, 0.4) is 0 Å². The van der Waals surface area contributed by atoms with Gasteiger partial charge in [-0.25, -0.2) is 8.78 Å². The standard InChI is InChI=1S/C12H12F2N2OS/c1-3-4-10(17)15-12-16(2)11-8(14)5-7(13)6-9(11)18-12/h5-6H,3-4H2,1-2H3. The van der Waals surface area contributed by atoms with Crippen LogP contribution in [0.15, 0.2) is 17.1 Å². The van der Waals surface area contributed by atoms with E-state index in [2.05, 4.69) is 4.99 Å². The summed E-state index contributed by atoms with van der Waals surface area (Å²) in [6, 6.07) is 2.07. The van der Waals surface area contributed by atoms with Gasteiger partial charge in [0.05, 0.1) is 10.2 Å². The minimum atomic E-state index is -0.645. The smallest absolute Gasteiger partial charge is 0.248 e. The summed E-state index contributed by atoms with van der Waals surface area (Å²) < 4.78 is 28.6. The highest BCUT2D eigenvalue weighted by Gasteiger charge is 2.11. The zero-order valence-electron chi connectivity index (χ0n) is 10.0. The average Bonchev–Trinajstić information content (AvgIpc) is 2.55. The fourth-order valence-corrected chi connectivity index (χ4v) is 2.76. The molecule has 0 unspecified atom stereocenters. The molecule has 0 atom stereocenters. The van der Waals surface area contributed by atoms with Crippen LogP contribution in [0.5, 0.6) is 0 Å². The largest absolute Gasteiger partial charge is 0.317 e. The first kappa shape index (κ1) is 12.9. The number of nitrogens with zero attached hydrogens (tertiary/aromatic N) is 2. The third kappa shape index (κ3) is 2.33. The third-order valence-corrected chi connectivity index (χ3v) is 3.58. The van der Waals surface area contributed by atoms with Gasteiger partial charge in [0, 0.05) is 19.5 Å². The summed E-state index contributed by atoms with van der Waals surface area (Å²) in [5.41, 5.74) is 0.268. The van der Waals surface area contributed by atoms with E-state index in [4.69, 9.17) is 0 Å². The van der Waals surface area contributed by atoms with E-state index in [1.165, 1.54) is 10.6 Å². The Balaban J connectivity index is 2.64. The second-order valence-corrected chi connectivity index (χ2v) is 4.94. The van der Waals surface area contributed by atoms with Gasteiger partial charge in [-0.2, -0.15) is 4.99 Å². The van der Waals surface area contributed by atoms with E-state index in [1.807, 2.05) is 6.92 Å². The molecule has 0 aliphatic rings. The summed E-state index contributed by atoms with van der Waals surface area (Å²) in [5.74, 6) is -1.53. The zero-order valence-corrected chi connectivity index (χ0v) is 10.9. The third-order valence-electron chi connectivity index (χ3n) is 2.50. The monoisotopic (exact) mass is 270 g/mol. The molecule has 0 bridgehead atoms. The first-order valence-corrected chi connectivity index (χ1v) is 6.36. The van der Waals surface area contributed by atoms with Gasteiger partial charge in [-0.3, -0.25) is 4.79 Å². The Morgan fingerprint density at radius 2 is 2.17 bits per heavy atom. The van der Waals surface area contributed by atoms with E-state index < -0.39 is 11.6 Å². The lowest BCUT2D eigenvalue weighted by molar-refractivity contribution is -0.118. The summed E-state index contributed by atoms with van der Waals surface area (Å²) in [5, 5.41) is 0. The van der Waals surface area contributed by atoms with Crippen LogP contribution in [0.1, 0.15) is 19.8 Å². The highest BCUT2D eigenvalue weighted by atomic mass is 32.1. The number of aryl methyl sites for hydroxylation is 1. The molecule has 0 aliphatic carbocycles. The zero-order chi connectivity index (χ0) is 13.3. The predicted molar refractivity (Wildman–Crippen MR) is 66.2 cm³/mol. The maximum absolute atomic E-state index is 13.6. The molecule has 1 heterocycles. The number of fused-ring (bicyclic) bond motifs is 1. The van der Waals surface area contributed by atoms with Crippen molar-refractivity contribution < 1.29 is 13.6 Å². The van der Waals surface area contributed by atoms with Crippen LogP contribution in [0.2, 0.25) is 0 Å². The molecule has 0 N–H and O–H groups in total. The van der Waals surface area contributed by atoms with Gasteiger partial charge in [0.25, 0.3) is 0 Å². The molecule has 0 saturated heterocycles. The SMILES string of the molecule is CCCC(=O)N=c1sc2cc(F)cc(F)c2n1C. The summed E-state index contributed by atoms with van der Waals surface area (Å²) >= 11 is 1.10. The van der Waals surface area contributed by atoms with Gasteiger partial charge in [0.15, 0.2) is 10.6 Å². The van der Waals surface area contributed by atoms with Gasteiger partial charge in [-0.05, 0) is 12.5 Å². The van der Waals surface area contributed by atoms with Crippen LogP contribution >= 0.6 is 11.3 Å². The molecule has 2 rings (SSSR count). The van der Waals surface area contributed by atoms with Crippen molar-refractivity contribution in [1.29, 1.82) is 0 Å². The molecule has 6 heteroatoms. The number of hydrogen-bond donors (Lipinski definition) is 0. The van der Waals surface area contributed by atoms with Crippen molar-refractivity contribution in [3.05, 3.63) is 28.6 Å². The van der Waals surface area contributed by atoms with Gasteiger partial charge in [0.2, 0.25) is 5.91 Å². The van der Waals surface area contributed by atoms with Crippen molar-refractivity contribution in [2.24, 2.45) is 12.0 Å². The predicted octanol–water partition coefficient (Wildman–Crippen LogP) is 2.75. The van der Waals surface area contributed by atoms with Crippen LogP contribution < -0.4 is 4.80 Å². The van der Waals surface area contributed by atoms with Crippen LogP contribution in [0.4, 0.5) is 8.78 Å². The summed E-state index contributed by atoms with van der Waals surface area (Å²) in [7, 11) is 1.61. The topological polar surface area (TPSA) is 34.4 Å². The number of benzene rings is 1. The molecule has 0 aliphatic heterocycles. The maximum atomic E-state index is 13.6. The molecule has 0 fully saturated rings. The minimum Gasteiger partial charge on any atom is -0.317 e. The molecule has 1 aromatic carbocycles. The highest BCUT2D eigenvalue weighted by Crippen LogP contribution is 2.21. The maximum Gasteiger partial charge on any atom is 0.248 e. The lowest BCUT2D eigenvalue weighted by Gasteiger charge is -1.97. The number of carbonyl (C=O) groups is 1. The van der Waals surface area contributed by atoms with Gasteiger partial charge in [0.1, 0.15) is 5.82 Å². The molecule has 96 valence electrons. The molecule has 0 saturated carbocycles. The normalized spacial score (nSPS) is 12.3. The fourth-order valence-electron chi connectivity index (χ4n) is 1.68. The quantitative estimate of drug-likeness (QED) is 0.826. The Morgan fingerprint density at radius 1 is 1.44 bits per heavy atom. The van der Waals surface area contributed by atoms with Crippen LogP contribution in [-0.4, -0.2) is 10.5 Å². The van der Waals surface area contributed by atoms with E-state index in [0.29, 0.717) is 22.3 Å². The molecule has 1 amide bonds. The number of rotatable bonds is 2. The van der Waals surface area contributed by atoms with Crippen molar-refractivity contribution >= 4 is 27.5 Å². The Bertz CT molecular complexity index is 673. The Labute approximate surface area is 106 Å². The van der Waals surface area contributed by atoms with Crippen molar-refractivity contribution in [1.82, 2.24) is 4.57 Å². The number of thiazole rings is 1. The summed E-state index contributed by atoms with van der Waals surface area (Å²) in [6.45, 7) is 1.88. The number of hydrogen-bond acceptors (Lipinski definition) is 2. The fraction of sp³-hybridized carbons (Fsp3) is 0.333. The number of halogens is 2. The van der Waals surface area contributed by atoms with Gasteiger partial charge in [-0.1, -0.05) is 18.3 Å². The van der Waals surface area contributed by atoms with E-state index in [9.17, 15) is 13.6 Å². The van der Waals surface area contributed by atoms with Gasteiger partial charge < -0.3 is 4.57 Å².